The molecule has 0 aliphatic heterocycles. The first-order valence-corrected chi connectivity index (χ1v) is 7.80. The molecule has 1 atom stereocenters. The second kappa shape index (κ2) is 8.55. The number of nitrogens with two attached hydrogens (primary N) is 1. The van der Waals surface area contributed by atoms with E-state index < -0.39 is 0 Å². The molecule has 1 rings (SSSR count). The summed E-state index contributed by atoms with van der Waals surface area (Å²) in [5.74, 6) is 1.41. The van der Waals surface area contributed by atoms with E-state index in [2.05, 4.69) is 15.9 Å². The van der Waals surface area contributed by atoms with Crippen molar-refractivity contribution in [2.24, 2.45) is 5.73 Å². The Bertz CT molecular complexity index is 475. The smallest absolute Gasteiger partial charge is 0.175 e. The molecule has 112 valence electrons. The van der Waals surface area contributed by atoms with Crippen LogP contribution in [0.3, 0.4) is 0 Å². The van der Waals surface area contributed by atoms with E-state index in [9.17, 15) is 0 Å². The van der Waals surface area contributed by atoms with Gasteiger partial charge in [-0.3, -0.25) is 0 Å². The largest absolute Gasteiger partial charge is 0.490 e. The summed E-state index contributed by atoms with van der Waals surface area (Å²) in [6.45, 7) is 6.84. The van der Waals surface area contributed by atoms with Crippen molar-refractivity contribution in [2.75, 3.05) is 13.2 Å². The first-order valence-electron chi connectivity index (χ1n) is 6.57. The SMILES string of the molecule is CCOc1cc(CC(C)N)cc(Br)c1OC/C(C)=C/Cl. The second-order valence-corrected chi connectivity index (χ2v) is 5.84. The standard InChI is InChI=1S/C15H21BrClNO2/c1-4-19-14-7-12(5-11(3)18)6-13(16)15(14)20-9-10(2)8-17/h6-8,11H,4-5,9,18H2,1-3H3/b10-8+. The van der Waals surface area contributed by atoms with Gasteiger partial charge >= 0.3 is 0 Å². The first-order chi connectivity index (χ1) is 9.47. The van der Waals surface area contributed by atoms with Gasteiger partial charge < -0.3 is 15.2 Å². The average molecular weight is 363 g/mol. The van der Waals surface area contributed by atoms with Crippen LogP contribution >= 0.6 is 27.5 Å². The van der Waals surface area contributed by atoms with Gasteiger partial charge in [-0.1, -0.05) is 11.6 Å². The summed E-state index contributed by atoms with van der Waals surface area (Å²) in [5.41, 5.74) is 9.42. The van der Waals surface area contributed by atoms with Crippen molar-refractivity contribution in [2.45, 2.75) is 33.2 Å². The Morgan fingerprint density at radius 2 is 2.15 bits per heavy atom. The summed E-state index contributed by atoms with van der Waals surface area (Å²) >= 11 is 9.17. The van der Waals surface area contributed by atoms with Crippen molar-refractivity contribution in [3.05, 3.63) is 33.3 Å². The molecule has 0 radical (unpaired) electrons. The summed E-state index contributed by atoms with van der Waals surface area (Å²) in [6, 6.07) is 4.10. The lowest BCUT2D eigenvalue weighted by Gasteiger charge is -2.16. The van der Waals surface area contributed by atoms with Gasteiger partial charge in [0, 0.05) is 11.6 Å². The van der Waals surface area contributed by atoms with Crippen LogP contribution in [0.25, 0.3) is 0 Å². The van der Waals surface area contributed by atoms with Gasteiger partial charge in [-0.2, -0.15) is 0 Å². The minimum absolute atomic E-state index is 0.101. The number of ether oxygens (including phenoxy) is 2. The molecule has 1 aromatic rings. The Kier molecular flexibility index (Phi) is 7.41. The summed E-state index contributed by atoms with van der Waals surface area (Å²) in [5, 5.41) is 0. The van der Waals surface area contributed by atoms with E-state index in [4.69, 9.17) is 26.8 Å². The zero-order valence-electron chi connectivity index (χ0n) is 12.1. The summed E-state index contributed by atoms with van der Waals surface area (Å²) < 4.78 is 12.3. The number of rotatable bonds is 7. The van der Waals surface area contributed by atoms with Crippen molar-refractivity contribution in [3.8, 4) is 11.5 Å². The fourth-order valence-electron chi connectivity index (χ4n) is 1.73. The van der Waals surface area contributed by atoms with Crippen molar-refractivity contribution in [3.63, 3.8) is 0 Å². The minimum Gasteiger partial charge on any atom is -0.490 e. The molecule has 1 unspecified atom stereocenters. The molecular weight excluding hydrogens is 342 g/mol. The lowest BCUT2D eigenvalue weighted by atomic mass is 10.1. The molecule has 0 amide bonds. The Hall–Kier alpha value is -0.710. The van der Waals surface area contributed by atoms with Gasteiger partial charge in [0.15, 0.2) is 11.5 Å². The molecule has 0 aliphatic carbocycles. The van der Waals surface area contributed by atoms with E-state index in [-0.39, 0.29) is 6.04 Å². The summed E-state index contributed by atoms with van der Waals surface area (Å²) in [7, 11) is 0. The number of halogens is 2. The van der Waals surface area contributed by atoms with Gasteiger partial charge in [-0.05, 0) is 66.4 Å². The van der Waals surface area contributed by atoms with Crippen LogP contribution in [-0.4, -0.2) is 19.3 Å². The lowest BCUT2D eigenvalue weighted by Crippen LogP contribution is -2.17. The molecule has 0 fully saturated rings. The highest BCUT2D eigenvalue weighted by Crippen LogP contribution is 2.37. The number of hydrogen-bond donors (Lipinski definition) is 1. The van der Waals surface area contributed by atoms with Gasteiger partial charge in [-0.25, -0.2) is 0 Å². The third-order valence-electron chi connectivity index (χ3n) is 2.56. The van der Waals surface area contributed by atoms with Gasteiger partial charge in [-0.15, -0.1) is 0 Å². The Labute approximate surface area is 134 Å². The van der Waals surface area contributed by atoms with Crippen molar-refractivity contribution < 1.29 is 9.47 Å². The fraction of sp³-hybridized carbons (Fsp3) is 0.467. The molecule has 0 heterocycles. The molecule has 0 aromatic heterocycles. The van der Waals surface area contributed by atoms with E-state index >= 15 is 0 Å². The molecule has 0 spiro atoms. The Morgan fingerprint density at radius 3 is 2.70 bits per heavy atom. The average Bonchev–Trinajstić information content (AvgIpc) is 2.37. The van der Waals surface area contributed by atoms with Crippen molar-refractivity contribution >= 4 is 27.5 Å². The quantitative estimate of drug-likeness (QED) is 0.788. The van der Waals surface area contributed by atoms with E-state index in [1.54, 1.807) is 0 Å². The molecule has 0 saturated carbocycles. The molecule has 20 heavy (non-hydrogen) atoms. The predicted octanol–water partition coefficient (Wildman–Crippen LogP) is 4.26. The fourth-order valence-corrected chi connectivity index (χ4v) is 2.40. The maximum absolute atomic E-state index is 5.84. The van der Waals surface area contributed by atoms with Crippen LogP contribution < -0.4 is 15.2 Å². The van der Waals surface area contributed by atoms with Crippen LogP contribution in [0.15, 0.2) is 27.7 Å². The topological polar surface area (TPSA) is 44.5 Å². The lowest BCUT2D eigenvalue weighted by molar-refractivity contribution is 0.291. The zero-order valence-corrected chi connectivity index (χ0v) is 14.4. The molecule has 0 bridgehead atoms. The monoisotopic (exact) mass is 361 g/mol. The minimum atomic E-state index is 0.101. The van der Waals surface area contributed by atoms with Crippen molar-refractivity contribution in [1.82, 2.24) is 0 Å². The highest BCUT2D eigenvalue weighted by molar-refractivity contribution is 9.10. The van der Waals surface area contributed by atoms with Crippen LogP contribution in [0.4, 0.5) is 0 Å². The summed E-state index contributed by atoms with van der Waals surface area (Å²) in [6.07, 6.45) is 0.791. The molecule has 3 nitrogen and oxygen atoms in total. The second-order valence-electron chi connectivity index (χ2n) is 4.76. The molecule has 1 aromatic carbocycles. The third-order valence-corrected chi connectivity index (χ3v) is 3.52. The Morgan fingerprint density at radius 1 is 1.45 bits per heavy atom. The molecule has 0 saturated heterocycles. The van der Waals surface area contributed by atoms with Crippen LogP contribution in [0, 0.1) is 0 Å². The molecule has 5 heteroatoms. The van der Waals surface area contributed by atoms with Crippen LogP contribution in [0.1, 0.15) is 26.3 Å². The highest BCUT2D eigenvalue weighted by atomic mass is 79.9. The van der Waals surface area contributed by atoms with Crippen LogP contribution in [-0.2, 0) is 6.42 Å². The van der Waals surface area contributed by atoms with E-state index in [0.29, 0.717) is 19.0 Å². The van der Waals surface area contributed by atoms with Gasteiger partial charge in [0.2, 0.25) is 0 Å². The van der Waals surface area contributed by atoms with Gasteiger partial charge in [0.25, 0.3) is 0 Å². The highest BCUT2D eigenvalue weighted by Gasteiger charge is 2.13. The van der Waals surface area contributed by atoms with E-state index in [0.717, 1.165) is 27.8 Å². The number of hydrogen-bond acceptors (Lipinski definition) is 3. The summed E-state index contributed by atoms with van der Waals surface area (Å²) in [4.78, 5) is 0. The molecular formula is C15H21BrClNO2. The van der Waals surface area contributed by atoms with Gasteiger partial charge in [0.05, 0.1) is 11.1 Å². The first kappa shape index (κ1) is 17.3. The third kappa shape index (κ3) is 5.35. The zero-order chi connectivity index (χ0) is 15.1. The van der Waals surface area contributed by atoms with Crippen molar-refractivity contribution in [1.29, 1.82) is 0 Å². The van der Waals surface area contributed by atoms with E-state index in [1.807, 2.05) is 32.9 Å². The maximum atomic E-state index is 5.84. The Balaban J connectivity index is 3.02. The molecule has 0 aliphatic rings. The normalized spacial score (nSPS) is 13.2. The van der Waals surface area contributed by atoms with Crippen LogP contribution in [0.5, 0.6) is 11.5 Å². The predicted molar refractivity (Wildman–Crippen MR) is 87.8 cm³/mol. The van der Waals surface area contributed by atoms with Gasteiger partial charge in [0.1, 0.15) is 6.61 Å². The maximum Gasteiger partial charge on any atom is 0.175 e. The van der Waals surface area contributed by atoms with Crippen LogP contribution in [0.2, 0.25) is 0 Å². The number of benzene rings is 1. The molecule has 2 N–H and O–H groups in total. The van der Waals surface area contributed by atoms with E-state index in [1.165, 1.54) is 5.54 Å².